The molecule has 0 radical (unpaired) electrons. The van der Waals surface area contributed by atoms with Crippen molar-refractivity contribution in [2.24, 2.45) is 5.73 Å². The van der Waals surface area contributed by atoms with Crippen molar-refractivity contribution in [3.05, 3.63) is 28.2 Å². The number of rotatable bonds is 5. The molecule has 15 heavy (non-hydrogen) atoms. The number of carbonyl (C=O) groups is 1. The van der Waals surface area contributed by atoms with Crippen LogP contribution in [0.1, 0.15) is 12.0 Å². The highest BCUT2D eigenvalue weighted by Crippen LogP contribution is 2.25. The Kier molecular flexibility index (Phi) is 4.78. The van der Waals surface area contributed by atoms with Gasteiger partial charge < -0.3 is 10.5 Å². The molecule has 0 spiro atoms. The molecule has 0 saturated heterocycles. The molecule has 0 atom stereocenters. The first-order valence-corrected chi connectivity index (χ1v) is 5.51. The Balaban J connectivity index is 2.63. The van der Waals surface area contributed by atoms with Crippen LogP contribution in [0.25, 0.3) is 0 Å². The summed E-state index contributed by atoms with van der Waals surface area (Å²) in [7, 11) is 1.62. The van der Waals surface area contributed by atoms with E-state index in [1.807, 2.05) is 18.2 Å². The standard InChI is InChI=1S/C11H14BrNO2/c1-15-11-5-3-8(6-10(11)12)2-4-9(14)7-13/h3,5-6H,2,4,7,13H2,1H3. The van der Waals surface area contributed by atoms with Gasteiger partial charge >= 0.3 is 0 Å². The van der Waals surface area contributed by atoms with Crippen LogP contribution in [0.2, 0.25) is 0 Å². The van der Waals surface area contributed by atoms with Crippen LogP contribution in [0.4, 0.5) is 0 Å². The predicted octanol–water partition coefficient (Wildman–Crippen LogP) is 1.92. The van der Waals surface area contributed by atoms with Gasteiger partial charge in [0.2, 0.25) is 0 Å². The minimum absolute atomic E-state index is 0.0851. The summed E-state index contributed by atoms with van der Waals surface area (Å²) in [6, 6.07) is 5.79. The second-order valence-electron chi connectivity index (χ2n) is 3.21. The zero-order valence-corrected chi connectivity index (χ0v) is 10.2. The van der Waals surface area contributed by atoms with E-state index < -0.39 is 0 Å². The van der Waals surface area contributed by atoms with E-state index in [-0.39, 0.29) is 12.3 Å². The van der Waals surface area contributed by atoms with Crippen molar-refractivity contribution in [2.45, 2.75) is 12.8 Å². The van der Waals surface area contributed by atoms with Gasteiger partial charge in [-0.15, -0.1) is 0 Å². The van der Waals surface area contributed by atoms with Crippen LogP contribution in [-0.4, -0.2) is 19.4 Å². The molecule has 0 aromatic heterocycles. The van der Waals surface area contributed by atoms with Crippen molar-refractivity contribution in [3.63, 3.8) is 0 Å². The number of nitrogens with two attached hydrogens (primary N) is 1. The van der Waals surface area contributed by atoms with E-state index in [0.29, 0.717) is 6.42 Å². The third kappa shape index (κ3) is 3.64. The van der Waals surface area contributed by atoms with E-state index in [2.05, 4.69) is 15.9 Å². The molecule has 0 aliphatic carbocycles. The normalized spacial score (nSPS) is 10.1. The molecule has 0 saturated carbocycles. The zero-order chi connectivity index (χ0) is 11.3. The average molecular weight is 272 g/mol. The lowest BCUT2D eigenvalue weighted by molar-refractivity contribution is -0.117. The van der Waals surface area contributed by atoms with Crippen molar-refractivity contribution in [3.8, 4) is 5.75 Å². The van der Waals surface area contributed by atoms with Gasteiger partial charge in [0.05, 0.1) is 18.1 Å². The molecule has 1 aromatic rings. The number of methoxy groups -OCH3 is 1. The van der Waals surface area contributed by atoms with E-state index in [0.717, 1.165) is 22.2 Å². The SMILES string of the molecule is COc1ccc(CCC(=O)CN)cc1Br. The van der Waals surface area contributed by atoms with Crippen molar-refractivity contribution >= 4 is 21.7 Å². The predicted molar refractivity (Wildman–Crippen MR) is 63.1 cm³/mol. The number of halogens is 1. The van der Waals surface area contributed by atoms with E-state index in [4.69, 9.17) is 10.5 Å². The van der Waals surface area contributed by atoms with Gasteiger partial charge in [-0.3, -0.25) is 4.79 Å². The largest absolute Gasteiger partial charge is 0.496 e. The second-order valence-corrected chi connectivity index (χ2v) is 4.07. The van der Waals surface area contributed by atoms with E-state index >= 15 is 0 Å². The summed E-state index contributed by atoms with van der Waals surface area (Å²) in [4.78, 5) is 11.0. The third-order valence-electron chi connectivity index (χ3n) is 2.14. The van der Waals surface area contributed by atoms with Gasteiger partial charge in [-0.2, -0.15) is 0 Å². The van der Waals surface area contributed by atoms with Gasteiger partial charge in [-0.25, -0.2) is 0 Å². The lowest BCUT2D eigenvalue weighted by Crippen LogP contribution is -2.13. The molecular formula is C11H14BrNO2. The summed E-state index contributed by atoms with van der Waals surface area (Å²) in [5.74, 6) is 0.880. The van der Waals surface area contributed by atoms with Gasteiger partial charge in [0.15, 0.2) is 0 Å². The fourth-order valence-corrected chi connectivity index (χ4v) is 1.84. The minimum atomic E-state index is 0.0851. The van der Waals surface area contributed by atoms with Crippen molar-refractivity contribution < 1.29 is 9.53 Å². The molecule has 0 bridgehead atoms. The summed E-state index contributed by atoms with van der Waals surface area (Å²) in [6.07, 6.45) is 1.22. The summed E-state index contributed by atoms with van der Waals surface area (Å²) in [5.41, 5.74) is 6.33. The quantitative estimate of drug-likeness (QED) is 0.890. The molecule has 0 heterocycles. The van der Waals surface area contributed by atoms with E-state index in [9.17, 15) is 4.79 Å². The molecule has 2 N–H and O–H groups in total. The summed E-state index contributed by atoms with van der Waals surface area (Å²) < 4.78 is 6.02. The number of hydrogen-bond acceptors (Lipinski definition) is 3. The van der Waals surface area contributed by atoms with Crippen molar-refractivity contribution in [1.29, 1.82) is 0 Å². The van der Waals surface area contributed by atoms with Crippen LogP contribution < -0.4 is 10.5 Å². The van der Waals surface area contributed by atoms with Gasteiger partial charge in [0.25, 0.3) is 0 Å². The van der Waals surface area contributed by atoms with Crippen molar-refractivity contribution in [2.75, 3.05) is 13.7 Å². The van der Waals surface area contributed by atoms with Crippen LogP contribution in [0.5, 0.6) is 5.75 Å². The number of benzene rings is 1. The van der Waals surface area contributed by atoms with Gasteiger partial charge in [-0.1, -0.05) is 6.07 Å². The molecule has 0 aliphatic rings. The van der Waals surface area contributed by atoms with Crippen LogP contribution in [0, 0.1) is 0 Å². The summed E-state index contributed by atoms with van der Waals surface area (Å²) in [5, 5.41) is 0. The Morgan fingerprint density at radius 2 is 2.27 bits per heavy atom. The smallest absolute Gasteiger partial charge is 0.146 e. The zero-order valence-electron chi connectivity index (χ0n) is 8.63. The molecule has 0 amide bonds. The van der Waals surface area contributed by atoms with Crippen LogP contribution in [-0.2, 0) is 11.2 Å². The van der Waals surface area contributed by atoms with Gasteiger partial charge in [0.1, 0.15) is 11.5 Å². The maximum Gasteiger partial charge on any atom is 0.146 e. The van der Waals surface area contributed by atoms with Crippen LogP contribution in [0.15, 0.2) is 22.7 Å². The highest BCUT2D eigenvalue weighted by atomic mass is 79.9. The number of Topliss-reactive ketones (excluding diaryl/α,β-unsaturated/α-hetero) is 1. The van der Waals surface area contributed by atoms with Gasteiger partial charge in [0, 0.05) is 6.42 Å². The Hall–Kier alpha value is -0.870. The first-order valence-electron chi connectivity index (χ1n) is 4.71. The molecule has 0 aliphatic heterocycles. The topological polar surface area (TPSA) is 52.3 Å². The number of aryl methyl sites for hydroxylation is 1. The lowest BCUT2D eigenvalue weighted by Gasteiger charge is -2.05. The molecule has 1 rings (SSSR count). The molecule has 3 nitrogen and oxygen atoms in total. The summed E-state index contributed by atoms with van der Waals surface area (Å²) in [6.45, 7) is 0.122. The minimum Gasteiger partial charge on any atom is -0.496 e. The maximum atomic E-state index is 11.0. The Labute approximate surface area is 97.7 Å². The average Bonchev–Trinajstić information content (AvgIpc) is 2.26. The fourth-order valence-electron chi connectivity index (χ4n) is 1.25. The van der Waals surface area contributed by atoms with E-state index in [1.165, 1.54) is 0 Å². The number of ketones is 1. The molecule has 4 heteroatoms. The maximum absolute atomic E-state index is 11.0. The lowest BCUT2D eigenvalue weighted by atomic mass is 10.1. The number of ether oxygens (including phenoxy) is 1. The Morgan fingerprint density at radius 3 is 2.80 bits per heavy atom. The van der Waals surface area contributed by atoms with Crippen LogP contribution in [0.3, 0.4) is 0 Å². The molecule has 1 aromatic carbocycles. The molecule has 0 fully saturated rings. The van der Waals surface area contributed by atoms with E-state index in [1.54, 1.807) is 7.11 Å². The third-order valence-corrected chi connectivity index (χ3v) is 2.76. The Bertz CT molecular complexity index is 352. The first-order chi connectivity index (χ1) is 7.17. The first kappa shape index (κ1) is 12.2. The fraction of sp³-hybridized carbons (Fsp3) is 0.364. The Morgan fingerprint density at radius 1 is 1.53 bits per heavy atom. The van der Waals surface area contributed by atoms with Crippen molar-refractivity contribution in [1.82, 2.24) is 0 Å². The number of hydrogen-bond donors (Lipinski definition) is 1. The van der Waals surface area contributed by atoms with Gasteiger partial charge in [-0.05, 0) is 40.0 Å². The monoisotopic (exact) mass is 271 g/mol. The van der Waals surface area contributed by atoms with Crippen LogP contribution >= 0.6 is 15.9 Å². The second kappa shape index (κ2) is 5.88. The number of carbonyl (C=O) groups excluding carboxylic acids is 1. The molecular weight excluding hydrogens is 258 g/mol. The highest BCUT2D eigenvalue weighted by Gasteiger charge is 2.03. The highest BCUT2D eigenvalue weighted by molar-refractivity contribution is 9.10. The molecule has 82 valence electrons. The summed E-state index contributed by atoms with van der Waals surface area (Å²) >= 11 is 3.40. The molecule has 0 unspecified atom stereocenters.